The van der Waals surface area contributed by atoms with E-state index < -0.39 is 35.5 Å². The van der Waals surface area contributed by atoms with Crippen LogP contribution in [0.15, 0.2) is 53.5 Å². The van der Waals surface area contributed by atoms with Crippen LogP contribution < -0.4 is 5.32 Å². The van der Waals surface area contributed by atoms with E-state index in [9.17, 15) is 32.7 Å². The quantitative estimate of drug-likeness (QED) is 0.440. The van der Waals surface area contributed by atoms with Crippen molar-refractivity contribution >= 4 is 23.8 Å². The van der Waals surface area contributed by atoms with Gasteiger partial charge in [0.15, 0.2) is 0 Å². The maximum absolute atomic E-state index is 14.0. The molecule has 0 saturated heterocycles. The van der Waals surface area contributed by atoms with E-state index in [1.807, 2.05) is 6.92 Å². The topological polar surface area (TPSA) is 99.1 Å². The molecule has 0 bridgehead atoms. The number of nitrogens with zero attached hydrogens (tertiary/aromatic N) is 2. The van der Waals surface area contributed by atoms with E-state index in [0.717, 1.165) is 30.5 Å². The minimum Gasteiger partial charge on any atom is -0.384 e. The third kappa shape index (κ3) is 6.37. The Hall–Kier alpha value is -3.53. The van der Waals surface area contributed by atoms with Crippen LogP contribution in [0.2, 0.25) is 0 Å². The van der Waals surface area contributed by atoms with E-state index in [2.05, 4.69) is 26.1 Å². The van der Waals surface area contributed by atoms with Crippen molar-refractivity contribution < 1.29 is 32.7 Å². The Kier molecular flexibility index (Phi) is 8.45. The number of nitrogens with one attached hydrogen (secondary N) is 1. The molecule has 0 radical (unpaired) electrons. The molecular formula is C31H36F3N3O4. The van der Waals surface area contributed by atoms with Crippen molar-refractivity contribution in [3.05, 3.63) is 70.8 Å². The number of aldehydes is 1. The van der Waals surface area contributed by atoms with Gasteiger partial charge in [-0.2, -0.15) is 13.2 Å². The highest BCUT2D eigenvalue weighted by Crippen LogP contribution is 2.49. The molecule has 7 nitrogen and oxygen atoms in total. The van der Waals surface area contributed by atoms with Crippen molar-refractivity contribution in [3.8, 4) is 0 Å². The van der Waals surface area contributed by atoms with Crippen molar-refractivity contribution in [2.75, 3.05) is 6.54 Å². The summed E-state index contributed by atoms with van der Waals surface area (Å²) >= 11 is 0. The van der Waals surface area contributed by atoms with Gasteiger partial charge in [0, 0.05) is 11.1 Å². The Morgan fingerprint density at radius 2 is 1.68 bits per heavy atom. The maximum atomic E-state index is 14.0. The lowest BCUT2D eigenvalue weighted by Crippen LogP contribution is -2.50. The van der Waals surface area contributed by atoms with Crippen LogP contribution in [-0.4, -0.2) is 52.1 Å². The molecule has 2 atom stereocenters. The molecule has 10 heteroatoms. The van der Waals surface area contributed by atoms with Crippen LogP contribution in [0, 0.1) is 11.3 Å². The second kappa shape index (κ2) is 11.4. The molecule has 1 aliphatic heterocycles. The van der Waals surface area contributed by atoms with Crippen molar-refractivity contribution in [1.82, 2.24) is 10.2 Å². The number of benzene rings is 2. The highest BCUT2D eigenvalue weighted by atomic mass is 19.4. The van der Waals surface area contributed by atoms with Gasteiger partial charge in [-0.1, -0.05) is 45.0 Å². The molecule has 1 saturated carbocycles. The van der Waals surface area contributed by atoms with E-state index in [0.29, 0.717) is 36.2 Å². The van der Waals surface area contributed by atoms with Crippen molar-refractivity contribution in [1.29, 1.82) is 0 Å². The largest absolute Gasteiger partial charge is 0.416 e. The van der Waals surface area contributed by atoms with E-state index >= 15 is 0 Å². The van der Waals surface area contributed by atoms with Gasteiger partial charge in [0.1, 0.15) is 23.8 Å². The molecule has 41 heavy (non-hydrogen) atoms. The summed E-state index contributed by atoms with van der Waals surface area (Å²) in [6.45, 7) is 8.28. The fraction of sp³-hybridized carbons (Fsp3) is 0.484. The molecule has 2 N–H and O–H groups in total. The summed E-state index contributed by atoms with van der Waals surface area (Å²) in [6.07, 6.45) is -2.45. The van der Waals surface area contributed by atoms with E-state index in [1.54, 1.807) is 29.2 Å². The summed E-state index contributed by atoms with van der Waals surface area (Å²) in [7, 11) is 0. The lowest BCUT2D eigenvalue weighted by atomic mass is 9.69. The van der Waals surface area contributed by atoms with E-state index in [4.69, 9.17) is 4.99 Å². The maximum Gasteiger partial charge on any atom is 0.416 e. The number of hydrogen-bond acceptors (Lipinski definition) is 5. The van der Waals surface area contributed by atoms with Gasteiger partial charge in [-0.05, 0) is 73.8 Å². The number of carbonyl (C=O) groups excluding carboxylic acids is 3. The molecule has 1 aliphatic carbocycles. The molecule has 1 fully saturated rings. The van der Waals surface area contributed by atoms with Gasteiger partial charge in [0.2, 0.25) is 0 Å². The van der Waals surface area contributed by atoms with Crippen LogP contribution in [0.3, 0.4) is 0 Å². The van der Waals surface area contributed by atoms with Gasteiger partial charge in [-0.15, -0.1) is 0 Å². The molecule has 0 aromatic heterocycles. The summed E-state index contributed by atoms with van der Waals surface area (Å²) < 4.78 is 39.5. The summed E-state index contributed by atoms with van der Waals surface area (Å²) in [5, 5.41) is 11.9. The van der Waals surface area contributed by atoms with Crippen LogP contribution in [0.1, 0.15) is 86.5 Å². The Bertz CT molecular complexity index is 1310. The smallest absolute Gasteiger partial charge is 0.384 e. The van der Waals surface area contributed by atoms with Crippen LogP contribution >= 0.6 is 0 Å². The van der Waals surface area contributed by atoms with Crippen LogP contribution in [0.4, 0.5) is 13.2 Å². The SMILES string of the molecule is CC(c1ccc(C(=O)NCC(O)C=O)cc1)N1C(=O)C(c2ccc(C(F)(F)F)cc2)=NC12CCC(C(C)(C)C)CC2. The Labute approximate surface area is 237 Å². The molecule has 2 aromatic carbocycles. The van der Waals surface area contributed by atoms with Gasteiger partial charge >= 0.3 is 6.18 Å². The third-order valence-corrected chi connectivity index (χ3v) is 8.36. The standard InChI is InChI=1S/C31H36F3N3O4/c1-19(20-5-7-22(8-6-20)27(40)35-17-25(39)18-38)37-28(41)26(21-9-11-24(12-10-21)31(32,33)34)36-30(37)15-13-23(14-16-30)29(2,3)4/h5-12,18-19,23,25,39H,13-17H2,1-4H3,(H,35,40). The van der Waals surface area contributed by atoms with Crippen molar-refractivity contribution in [2.24, 2.45) is 16.3 Å². The normalized spacial score (nSPS) is 22.8. The highest BCUT2D eigenvalue weighted by Gasteiger charge is 2.52. The third-order valence-electron chi connectivity index (χ3n) is 8.36. The van der Waals surface area contributed by atoms with Crippen LogP contribution in [0.5, 0.6) is 0 Å². The van der Waals surface area contributed by atoms with Gasteiger partial charge in [-0.25, -0.2) is 0 Å². The molecule has 2 aliphatic rings. The number of aliphatic imine (C=N–C) groups is 1. The van der Waals surface area contributed by atoms with E-state index in [-0.39, 0.29) is 23.6 Å². The summed E-state index contributed by atoms with van der Waals surface area (Å²) in [4.78, 5) is 43.7. The summed E-state index contributed by atoms with van der Waals surface area (Å²) in [5.41, 5.74) is 0.0838. The Balaban J connectivity index is 1.63. The number of carbonyl (C=O) groups is 3. The van der Waals surface area contributed by atoms with E-state index in [1.165, 1.54) is 12.1 Å². The molecule has 1 heterocycles. The fourth-order valence-electron chi connectivity index (χ4n) is 5.86. The zero-order valence-electron chi connectivity index (χ0n) is 23.7. The first-order chi connectivity index (χ1) is 19.2. The van der Waals surface area contributed by atoms with Crippen molar-refractivity contribution in [3.63, 3.8) is 0 Å². The first kappa shape index (κ1) is 30.4. The van der Waals surface area contributed by atoms with Crippen molar-refractivity contribution in [2.45, 2.75) is 77.4 Å². The van der Waals surface area contributed by atoms with Gasteiger partial charge in [-0.3, -0.25) is 14.6 Å². The number of halogens is 3. The lowest BCUT2D eigenvalue weighted by Gasteiger charge is -2.46. The molecule has 2 unspecified atom stereocenters. The Morgan fingerprint density at radius 1 is 1.10 bits per heavy atom. The summed E-state index contributed by atoms with van der Waals surface area (Å²) in [6, 6.07) is 10.8. The predicted molar refractivity (Wildman–Crippen MR) is 148 cm³/mol. The zero-order chi connectivity index (χ0) is 30.2. The molecule has 220 valence electrons. The predicted octanol–water partition coefficient (Wildman–Crippen LogP) is 5.32. The molecule has 2 aromatic rings. The lowest BCUT2D eigenvalue weighted by molar-refractivity contribution is -0.137. The minimum absolute atomic E-state index is 0.0960. The number of amides is 2. The summed E-state index contributed by atoms with van der Waals surface area (Å²) in [5.74, 6) is -0.343. The molecule has 4 rings (SSSR count). The van der Waals surface area contributed by atoms with Gasteiger partial charge in [0.05, 0.1) is 18.2 Å². The fourth-order valence-corrected chi connectivity index (χ4v) is 5.86. The minimum atomic E-state index is -4.48. The number of aliphatic hydroxyl groups excluding tert-OH is 1. The average Bonchev–Trinajstić information content (AvgIpc) is 3.21. The van der Waals surface area contributed by atoms with Crippen LogP contribution in [0.25, 0.3) is 0 Å². The number of hydrogen-bond donors (Lipinski definition) is 2. The molecule has 2 amide bonds. The average molecular weight is 572 g/mol. The second-order valence-electron chi connectivity index (χ2n) is 12.0. The Morgan fingerprint density at radius 3 is 2.20 bits per heavy atom. The highest BCUT2D eigenvalue weighted by molar-refractivity contribution is 6.46. The molecular weight excluding hydrogens is 535 g/mol. The molecule has 1 spiro atoms. The number of rotatable bonds is 7. The van der Waals surface area contributed by atoms with Gasteiger partial charge in [0.25, 0.3) is 11.8 Å². The van der Waals surface area contributed by atoms with Gasteiger partial charge < -0.3 is 20.1 Å². The zero-order valence-corrected chi connectivity index (χ0v) is 23.7. The van der Waals surface area contributed by atoms with Crippen LogP contribution in [-0.2, 0) is 15.8 Å². The second-order valence-corrected chi connectivity index (χ2v) is 12.0. The number of alkyl halides is 3. The first-order valence-corrected chi connectivity index (χ1v) is 13.8. The monoisotopic (exact) mass is 571 g/mol. The first-order valence-electron chi connectivity index (χ1n) is 13.8. The number of aliphatic hydroxyl groups is 1.